The lowest BCUT2D eigenvalue weighted by molar-refractivity contribution is -0.116. The first-order valence-corrected chi connectivity index (χ1v) is 7.32. The lowest BCUT2D eigenvalue weighted by Gasteiger charge is -2.04. The highest BCUT2D eigenvalue weighted by Gasteiger charge is 2.07. The SMILES string of the molecule is COc1ccc(-c2cn3cc(NC(=O)CCN)ccc3n2)cc1. The Morgan fingerprint density at radius 3 is 2.70 bits per heavy atom. The van der Waals surface area contributed by atoms with Gasteiger partial charge in [-0.15, -0.1) is 0 Å². The number of nitrogens with zero attached hydrogens (tertiary/aromatic N) is 2. The van der Waals surface area contributed by atoms with Crippen molar-refractivity contribution in [3.05, 3.63) is 48.8 Å². The summed E-state index contributed by atoms with van der Waals surface area (Å²) in [4.78, 5) is 16.2. The molecule has 0 bridgehead atoms. The number of carbonyl (C=O) groups is 1. The Kier molecular flexibility index (Phi) is 4.25. The number of nitrogens with two attached hydrogens (primary N) is 1. The summed E-state index contributed by atoms with van der Waals surface area (Å²) in [6.45, 7) is 0.334. The Labute approximate surface area is 133 Å². The van der Waals surface area contributed by atoms with Crippen LogP contribution in [0, 0.1) is 0 Å². The van der Waals surface area contributed by atoms with E-state index in [4.69, 9.17) is 10.5 Å². The standard InChI is InChI=1S/C17H18N4O2/c1-23-14-5-2-12(3-6-14)15-11-21-10-13(4-7-16(21)20-15)19-17(22)8-9-18/h2-7,10-11H,8-9,18H2,1H3,(H,19,22). The molecule has 0 aliphatic heterocycles. The van der Waals surface area contributed by atoms with Crippen molar-refractivity contribution >= 4 is 17.2 Å². The molecular formula is C17H18N4O2. The molecule has 0 aliphatic rings. The van der Waals surface area contributed by atoms with Crippen LogP contribution in [0.2, 0.25) is 0 Å². The molecule has 3 N–H and O–H groups in total. The first-order chi connectivity index (χ1) is 11.2. The van der Waals surface area contributed by atoms with E-state index in [1.165, 1.54) is 0 Å². The summed E-state index contributed by atoms with van der Waals surface area (Å²) in [5.74, 6) is 0.713. The number of anilines is 1. The Hall–Kier alpha value is -2.86. The number of imidazole rings is 1. The quantitative estimate of drug-likeness (QED) is 0.757. The lowest BCUT2D eigenvalue weighted by Crippen LogP contribution is -2.16. The highest BCUT2D eigenvalue weighted by atomic mass is 16.5. The van der Waals surface area contributed by atoms with E-state index < -0.39 is 0 Å². The second-order valence-electron chi connectivity index (χ2n) is 5.12. The smallest absolute Gasteiger partial charge is 0.225 e. The predicted molar refractivity (Wildman–Crippen MR) is 89.5 cm³/mol. The number of methoxy groups -OCH3 is 1. The van der Waals surface area contributed by atoms with Crippen LogP contribution in [-0.4, -0.2) is 28.9 Å². The van der Waals surface area contributed by atoms with Gasteiger partial charge in [0.1, 0.15) is 11.4 Å². The van der Waals surface area contributed by atoms with Crippen LogP contribution in [0.1, 0.15) is 6.42 Å². The molecule has 0 saturated carbocycles. The summed E-state index contributed by atoms with van der Waals surface area (Å²) in [5, 5.41) is 2.82. The van der Waals surface area contributed by atoms with E-state index in [0.29, 0.717) is 13.0 Å². The maximum atomic E-state index is 11.6. The number of nitrogens with one attached hydrogen (secondary N) is 1. The molecule has 2 heterocycles. The molecular weight excluding hydrogens is 292 g/mol. The summed E-state index contributed by atoms with van der Waals surface area (Å²) >= 11 is 0. The molecule has 118 valence electrons. The van der Waals surface area contributed by atoms with Crippen molar-refractivity contribution in [1.29, 1.82) is 0 Å². The van der Waals surface area contributed by atoms with Crippen LogP contribution in [0.5, 0.6) is 5.75 Å². The van der Waals surface area contributed by atoms with Crippen molar-refractivity contribution in [2.24, 2.45) is 5.73 Å². The molecule has 0 unspecified atom stereocenters. The fraction of sp³-hybridized carbons (Fsp3) is 0.176. The predicted octanol–water partition coefficient (Wildman–Crippen LogP) is 2.30. The molecule has 0 atom stereocenters. The van der Waals surface area contributed by atoms with Gasteiger partial charge in [-0.1, -0.05) is 0 Å². The van der Waals surface area contributed by atoms with Gasteiger partial charge in [0.15, 0.2) is 0 Å². The van der Waals surface area contributed by atoms with Gasteiger partial charge >= 0.3 is 0 Å². The highest BCUT2D eigenvalue weighted by Crippen LogP contribution is 2.23. The van der Waals surface area contributed by atoms with Gasteiger partial charge in [0.05, 0.1) is 18.5 Å². The largest absolute Gasteiger partial charge is 0.497 e. The van der Waals surface area contributed by atoms with Gasteiger partial charge in [0, 0.05) is 30.9 Å². The number of benzene rings is 1. The topological polar surface area (TPSA) is 81.7 Å². The van der Waals surface area contributed by atoms with E-state index in [2.05, 4.69) is 10.3 Å². The molecule has 0 fully saturated rings. The van der Waals surface area contributed by atoms with Gasteiger partial charge in [-0.2, -0.15) is 0 Å². The minimum Gasteiger partial charge on any atom is -0.497 e. The van der Waals surface area contributed by atoms with Crippen LogP contribution >= 0.6 is 0 Å². The third kappa shape index (κ3) is 3.32. The van der Waals surface area contributed by atoms with Gasteiger partial charge in [-0.3, -0.25) is 4.79 Å². The molecule has 1 amide bonds. The van der Waals surface area contributed by atoms with Crippen molar-refractivity contribution in [2.75, 3.05) is 19.0 Å². The van der Waals surface area contributed by atoms with Crippen molar-refractivity contribution in [2.45, 2.75) is 6.42 Å². The summed E-state index contributed by atoms with van der Waals surface area (Å²) in [6.07, 6.45) is 4.07. The average molecular weight is 310 g/mol. The zero-order valence-corrected chi connectivity index (χ0v) is 12.8. The van der Waals surface area contributed by atoms with Gasteiger partial charge in [0.2, 0.25) is 5.91 Å². The van der Waals surface area contributed by atoms with Crippen molar-refractivity contribution in [1.82, 2.24) is 9.38 Å². The third-order valence-corrected chi connectivity index (χ3v) is 3.49. The van der Waals surface area contributed by atoms with E-state index in [1.54, 1.807) is 7.11 Å². The molecule has 2 aromatic heterocycles. The fourth-order valence-corrected chi connectivity index (χ4v) is 2.32. The molecule has 0 saturated heterocycles. The maximum Gasteiger partial charge on any atom is 0.225 e. The number of hydrogen-bond donors (Lipinski definition) is 2. The normalized spacial score (nSPS) is 10.7. The monoisotopic (exact) mass is 310 g/mol. The molecule has 6 heteroatoms. The van der Waals surface area contributed by atoms with Gasteiger partial charge in [-0.25, -0.2) is 4.98 Å². The van der Waals surface area contributed by atoms with Gasteiger partial charge < -0.3 is 20.2 Å². The Bertz CT molecular complexity index is 824. The molecule has 0 radical (unpaired) electrons. The molecule has 23 heavy (non-hydrogen) atoms. The number of rotatable bonds is 5. The zero-order valence-electron chi connectivity index (χ0n) is 12.8. The average Bonchev–Trinajstić information content (AvgIpc) is 2.98. The van der Waals surface area contributed by atoms with E-state index in [0.717, 1.165) is 28.3 Å². The Morgan fingerprint density at radius 2 is 2.00 bits per heavy atom. The Balaban J connectivity index is 1.87. The van der Waals surface area contributed by atoms with E-state index in [9.17, 15) is 4.79 Å². The summed E-state index contributed by atoms with van der Waals surface area (Å²) in [7, 11) is 1.64. The summed E-state index contributed by atoms with van der Waals surface area (Å²) in [6, 6.07) is 11.4. The first-order valence-electron chi connectivity index (χ1n) is 7.32. The first kappa shape index (κ1) is 15.1. The zero-order chi connectivity index (χ0) is 16.2. The Morgan fingerprint density at radius 1 is 1.22 bits per heavy atom. The summed E-state index contributed by atoms with van der Waals surface area (Å²) in [5.41, 5.74) is 8.77. The minimum absolute atomic E-state index is 0.0951. The number of fused-ring (bicyclic) bond motifs is 1. The molecule has 6 nitrogen and oxygen atoms in total. The second kappa shape index (κ2) is 6.50. The highest BCUT2D eigenvalue weighted by molar-refractivity contribution is 5.90. The fourth-order valence-electron chi connectivity index (χ4n) is 2.32. The van der Waals surface area contributed by atoms with Crippen LogP contribution in [0.3, 0.4) is 0 Å². The van der Waals surface area contributed by atoms with Gasteiger partial charge in [0.25, 0.3) is 0 Å². The van der Waals surface area contributed by atoms with E-state index in [-0.39, 0.29) is 5.91 Å². The number of hydrogen-bond acceptors (Lipinski definition) is 4. The summed E-state index contributed by atoms with van der Waals surface area (Å²) < 4.78 is 7.05. The van der Waals surface area contributed by atoms with Crippen LogP contribution in [0.15, 0.2) is 48.8 Å². The number of pyridine rings is 1. The maximum absolute atomic E-state index is 11.6. The molecule has 3 aromatic rings. The van der Waals surface area contributed by atoms with Crippen molar-refractivity contribution < 1.29 is 9.53 Å². The van der Waals surface area contributed by atoms with Crippen LogP contribution in [0.4, 0.5) is 5.69 Å². The minimum atomic E-state index is -0.0951. The van der Waals surface area contributed by atoms with Crippen LogP contribution in [0.25, 0.3) is 16.9 Å². The van der Waals surface area contributed by atoms with Crippen LogP contribution < -0.4 is 15.8 Å². The van der Waals surface area contributed by atoms with Gasteiger partial charge in [-0.05, 0) is 36.4 Å². The second-order valence-corrected chi connectivity index (χ2v) is 5.12. The molecule has 1 aromatic carbocycles. The molecule has 0 aliphatic carbocycles. The van der Waals surface area contributed by atoms with Crippen molar-refractivity contribution in [3.8, 4) is 17.0 Å². The number of carbonyl (C=O) groups excluding carboxylic acids is 1. The molecule has 0 spiro atoms. The van der Waals surface area contributed by atoms with Crippen LogP contribution in [-0.2, 0) is 4.79 Å². The van der Waals surface area contributed by atoms with Crippen molar-refractivity contribution in [3.63, 3.8) is 0 Å². The molecule has 3 rings (SSSR count). The van der Waals surface area contributed by atoms with E-state index in [1.807, 2.05) is 53.2 Å². The number of amides is 1. The third-order valence-electron chi connectivity index (χ3n) is 3.49. The number of ether oxygens (including phenoxy) is 1. The lowest BCUT2D eigenvalue weighted by atomic mass is 10.2. The number of aromatic nitrogens is 2. The van der Waals surface area contributed by atoms with E-state index >= 15 is 0 Å².